The number of aliphatic hydroxyl groups is 2. The van der Waals surface area contributed by atoms with Gasteiger partial charge in [-0.15, -0.1) is 0 Å². The van der Waals surface area contributed by atoms with Crippen LogP contribution in [0.4, 0.5) is 0 Å². The first kappa shape index (κ1) is 22.2. The molecule has 0 bridgehead atoms. The van der Waals surface area contributed by atoms with E-state index >= 15 is 0 Å². The zero-order valence-corrected chi connectivity index (χ0v) is 21.3. The standard InChI is InChI=1S/C21H17Cl2N2O3.Tl/c22-15-6-3-7-16(23)18(15)19(21(24)28)17-9-8-13(11-27)20(25-17)14-5-2-1-4-12(14)10-26;/h1-3,5-9,19,26-27H,10-11H2,(H2,24,28);. The summed E-state index contributed by atoms with van der Waals surface area (Å²) in [6.45, 7) is -0.385. The summed E-state index contributed by atoms with van der Waals surface area (Å²) >= 11 is 13.1. The van der Waals surface area contributed by atoms with Gasteiger partial charge in [0.2, 0.25) is 0 Å². The van der Waals surface area contributed by atoms with Gasteiger partial charge in [0.15, 0.2) is 0 Å². The van der Waals surface area contributed by atoms with E-state index in [9.17, 15) is 15.0 Å². The summed E-state index contributed by atoms with van der Waals surface area (Å²) in [6.07, 6.45) is 0. The topological polar surface area (TPSA) is 96.4 Å². The first-order valence-corrected chi connectivity index (χ1v) is 11.7. The van der Waals surface area contributed by atoms with E-state index in [1.54, 1.807) is 30.3 Å². The van der Waals surface area contributed by atoms with Gasteiger partial charge < -0.3 is 0 Å². The number of carbonyl (C=O) groups excluding carboxylic acids is 1. The second-order valence-electron chi connectivity index (χ2n) is 6.40. The van der Waals surface area contributed by atoms with Crippen LogP contribution in [0.15, 0.2) is 48.5 Å². The van der Waals surface area contributed by atoms with Crippen LogP contribution in [-0.4, -0.2) is 46.9 Å². The van der Waals surface area contributed by atoms with Crippen molar-refractivity contribution in [3.05, 3.63) is 81.0 Å². The van der Waals surface area contributed by atoms with E-state index in [-0.39, 0.29) is 13.2 Å². The van der Waals surface area contributed by atoms with Crippen molar-refractivity contribution in [2.45, 2.75) is 19.1 Å². The minimum atomic E-state index is -0.957. The summed E-state index contributed by atoms with van der Waals surface area (Å²) < 4.78 is 1.06. The molecule has 1 aromatic heterocycles. The van der Waals surface area contributed by atoms with Crippen LogP contribution in [0.2, 0.25) is 10.0 Å². The van der Waals surface area contributed by atoms with Gasteiger partial charge in [0.05, 0.1) is 0 Å². The van der Waals surface area contributed by atoms with Crippen LogP contribution in [0.3, 0.4) is 0 Å². The summed E-state index contributed by atoms with van der Waals surface area (Å²) in [5, 5.41) is 20.3. The Kier molecular flexibility index (Phi) is 7.29. The van der Waals surface area contributed by atoms with Gasteiger partial charge in [-0.2, -0.15) is 0 Å². The SMILES string of the molecule is NC(=O)C(c1ccc(CO)c(-c2ccc[c]([Tl])c2CO)n1)c1c(Cl)cccc1Cl. The van der Waals surface area contributed by atoms with Crippen LogP contribution in [0.5, 0.6) is 0 Å². The maximum absolute atomic E-state index is 12.4. The molecule has 0 aliphatic rings. The number of halogens is 2. The van der Waals surface area contributed by atoms with Crippen LogP contribution < -0.4 is 8.86 Å². The number of benzene rings is 2. The van der Waals surface area contributed by atoms with Crippen molar-refractivity contribution >= 4 is 58.0 Å². The number of nitrogens with two attached hydrogens (primary N) is 1. The molecule has 1 atom stereocenters. The molecular formula is C21H17Cl2N2O3Tl. The molecule has 29 heavy (non-hydrogen) atoms. The number of aromatic nitrogens is 1. The molecule has 146 valence electrons. The predicted molar refractivity (Wildman–Crippen MR) is 114 cm³/mol. The van der Waals surface area contributed by atoms with Crippen LogP contribution in [0.25, 0.3) is 11.3 Å². The molecular weight excluding hydrogens is 604 g/mol. The Morgan fingerprint density at radius 1 is 1.03 bits per heavy atom. The second kappa shape index (κ2) is 9.53. The molecule has 4 N–H and O–H groups in total. The van der Waals surface area contributed by atoms with E-state index in [2.05, 4.69) is 4.98 Å². The van der Waals surface area contributed by atoms with Gasteiger partial charge in [0, 0.05) is 0 Å². The Labute approximate surface area is 194 Å². The Bertz CT molecular complexity index is 1060. The minimum absolute atomic E-state index is 0.144. The molecule has 0 saturated carbocycles. The molecule has 3 aromatic rings. The van der Waals surface area contributed by atoms with E-state index in [1.807, 2.05) is 18.2 Å². The fourth-order valence-electron chi connectivity index (χ4n) is 3.25. The number of carbonyl (C=O) groups is 1. The van der Waals surface area contributed by atoms with Gasteiger partial charge in [0.25, 0.3) is 0 Å². The average molecular weight is 621 g/mol. The molecule has 1 amide bonds. The molecule has 0 aliphatic heterocycles. The normalized spacial score (nSPS) is 12.0. The number of amides is 1. The van der Waals surface area contributed by atoms with Gasteiger partial charge >= 0.3 is 195 Å². The number of pyridine rings is 1. The Morgan fingerprint density at radius 2 is 1.69 bits per heavy atom. The van der Waals surface area contributed by atoms with Crippen molar-refractivity contribution in [2.24, 2.45) is 5.73 Å². The number of rotatable bonds is 6. The van der Waals surface area contributed by atoms with Gasteiger partial charge in [-0.1, -0.05) is 0 Å². The first-order valence-electron chi connectivity index (χ1n) is 8.71. The van der Waals surface area contributed by atoms with Crippen molar-refractivity contribution < 1.29 is 15.0 Å². The fourth-order valence-corrected chi connectivity index (χ4v) is 5.26. The number of primary amides is 1. The van der Waals surface area contributed by atoms with Gasteiger partial charge in [-0.05, 0) is 0 Å². The maximum atomic E-state index is 12.4. The quantitative estimate of drug-likeness (QED) is 0.369. The summed E-state index contributed by atoms with van der Waals surface area (Å²) in [5.41, 5.74) is 9.00. The van der Waals surface area contributed by atoms with E-state index in [4.69, 9.17) is 28.9 Å². The number of hydrogen-bond acceptors (Lipinski definition) is 4. The van der Waals surface area contributed by atoms with E-state index < -0.39 is 11.8 Å². The molecule has 1 heterocycles. The third kappa shape index (κ3) is 4.49. The van der Waals surface area contributed by atoms with Crippen molar-refractivity contribution in [2.75, 3.05) is 0 Å². The third-order valence-electron chi connectivity index (χ3n) is 4.66. The van der Waals surface area contributed by atoms with Crippen LogP contribution in [0.1, 0.15) is 28.3 Å². The molecule has 8 heteroatoms. The second-order valence-corrected chi connectivity index (χ2v) is 9.64. The Balaban J connectivity index is 2.26. The van der Waals surface area contributed by atoms with Crippen LogP contribution in [0, 0.1) is 0 Å². The molecule has 3 rings (SSSR count). The zero-order valence-electron chi connectivity index (χ0n) is 15.3. The van der Waals surface area contributed by atoms with Crippen LogP contribution in [-0.2, 0) is 18.0 Å². The summed E-state index contributed by atoms with van der Waals surface area (Å²) in [4.78, 5) is 17.0. The number of nitrogens with zero attached hydrogens (tertiary/aromatic N) is 1. The van der Waals surface area contributed by atoms with Crippen molar-refractivity contribution in [1.82, 2.24) is 4.98 Å². The fraction of sp³-hybridized carbons (Fsp3) is 0.143. The van der Waals surface area contributed by atoms with Crippen molar-refractivity contribution in [3.8, 4) is 11.3 Å². The summed E-state index contributed by atoms with van der Waals surface area (Å²) in [6, 6.07) is 14.0. The molecule has 0 saturated heterocycles. The zero-order chi connectivity index (χ0) is 21.1. The first-order chi connectivity index (χ1) is 13.9. The summed E-state index contributed by atoms with van der Waals surface area (Å²) in [7, 11) is 0. The summed E-state index contributed by atoms with van der Waals surface area (Å²) in [5.74, 6) is -1.60. The van der Waals surface area contributed by atoms with Gasteiger partial charge in [-0.3, -0.25) is 0 Å². The average Bonchev–Trinajstić information content (AvgIpc) is 2.70. The molecule has 1 unspecified atom stereocenters. The van der Waals surface area contributed by atoms with E-state index in [0.29, 0.717) is 63.9 Å². The molecule has 0 spiro atoms. The Morgan fingerprint density at radius 3 is 2.28 bits per heavy atom. The molecule has 5 nitrogen and oxygen atoms in total. The predicted octanol–water partition coefficient (Wildman–Crippen LogP) is 2.45. The monoisotopic (exact) mass is 620 g/mol. The van der Waals surface area contributed by atoms with Gasteiger partial charge in [-0.25, -0.2) is 0 Å². The molecule has 0 aliphatic carbocycles. The van der Waals surface area contributed by atoms with Crippen molar-refractivity contribution in [3.63, 3.8) is 0 Å². The number of hydrogen-bond donors (Lipinski definition) is 3. The van der Waals surface area contributed by atoms with E-state index in [1.165, 1.54) is 0 Å². The van der Waals surface area contributed by atoms with Crippen molar-refractivity contribution in [1.29, 1.82) is 0 Å². The van der Waals surface area contributed by atoms with Gasteiger partial charge in [0.1, 0.15) is 0 Å². The molecule has 0 fully saturated rings. The number of aliphatic hydroxyl groups excluding tert-OH is 2. The van der Waals surface area contributed by atoms with Crippen LogP contribution >= 0.6 is 23.2 Å². The molecule has 0 radical (unpaired) electrons. The molecule has 2 aromatic carbocycles. The Hall–Kier alpha value is -1.52. The third-order valence-corrected chi connectivity index (χ3v) is 7.43. The van der Waals surface area contributed by atoms with E-state index in [0.717, 1.165) is 8.69 Å².